The van der Waals surface area contributed by atoms with Crippen molar-refractivity contribution in [2.45, 2.75) is 66.2 Å². The van der Waals surface area contributed by atoms with E-state index in [4.69, 9.17) is 28.4 Å². The number of aliphatic carboxylic acids is 1. The Bertz CT molecular complexity index is 902. The van der Waals surface area contributed by atoms with Crippen molar-refractivity contribution in [2.24, 2.45) is 5.92 Å². The van der Waals surface area contributed by atoms with Crippen LogP contribution in [0.4, 0.5) is 14.4 Å². The molecular formula is C24H35NO11. The summed E-state index contributed by atoms with van der Waals surface area (Å²) in [4.78, 5) is 48.5. The highest BCUT2D eigenvalue weighted by atomic mass is 16.8. The number of carbonyl (C=O) groups excluding carboxylic acids is 3. The van der Waals surface area contributed by atoms with Gasteiger partial charge < -0.3 is 33.5 Å². The predicted octanol–water partition coefficient (Wildman–Crippen LogP) is 4.28. The largest absolute Gasteiger partial charge is 0.513 e. The van der Waals surface area contributed by atoms with Gasteiger partial charge in [0, 0.05) is 12.5 Å². The number of benzene rings is 1. The van der Waals surface area contributed by atoms with Crippen LogP contribution in [0, 0.1) is 5.92 Å². The van der Waals surface area contributed by atoms with Crippen LogP contribution < -0.4 is 14.8 Å². The van der Waals surface area contributed by atoms with Crippen molar-refractivity contribution in [3.63, 3.8) is 0 Å². The van der Waals surface area contributed by atoms with Gasteiger partial charge in [-0.3, -0.25) is 5.32 Å². The Balaban J connectivity index is 3.39. The number of nitrogens with one attached hydrogen (secondary N) is 1. The lowest BCUT2D eigenvalue weighted by molar-refractivity contribution is -0.167. The highest BCUT2D eigenvalue weighted by molar-refractivity contribution is 5.80. The number of carbonyl (C=O) groups is 4. The second kappa shape index (κ2) is 14.8. The molecular weight excluding hydrogens is 478 g/mol. The number of ether oxygens (including phenoxy) is 6. The Labute approximate surface area is 210 Å². The van der Waals surface area contributed by atoms with Crippen LogP contribution >= 0.6 is 0 Å². The van der Waals surface area contributed by atoms with Gasteiger partial charge in [0.2, 0.25) is 0 Å². The molecule has 0 saturated carbocycles. The molecule has 2 atom stereocenters. The summed E-state index contributed by atoms with van der Waals surface area (Å²) in [5, 5.41) is 12.9. The third-order valence-electron chi connectivity index (χ3n) is 4.60. The molecule has 0 aliphatic carbocycles. The zero-order chi connectivity index (χ0) is 27.3. The minimum Gasteiger partial charge on any atom is -0.477 e. The van der Waals surface area contributed by atoms with Crippen LogP contribution in [0.15, 0.2) is 18.2 Å². The minimum absolute atomic E-state index is 0.00817. The van der Waals surface area contributed by atoms with E-state index in [1.165, 1.54) is 18.2 Å². The molecule has 1 aromatic rings. The molecule has 0 aliphatic rings. The monoisotopic (exact) mass is 513 g/mol. The first kappa shape index (κ1) is 30.5. The molecule has 1 aromatic carbocycles. The van der Waals surface area contributed by atoms with Gasteiger partial charge in [0.25, 0.3) is 5.72 Å². The first-order valence-electron chi connectivity index (χ1n) is 11.6. The smallest absolute Gasteiger partial charge is 0.477 e. The van der Waals surface area contributed by atoms with Gasteiger partial charge in [0.05, 0.1) is 19.8 Å². The Morgan fingerprint density at radius 1 is 0.889 bits per heavy atom. The molecule has 2 N–H and O–H groups in total. The lowest BCUT2D eigenvalue weighted by Crippen LogP contribution is -2.59. The molecule has 0 amide bonds. The molecule has 0 heterocycles. The summed E-state index contributed by atoms with van der Waals surface area (Å²) in [6.07, 6.45) is -3.12. The third kappa shape index (κ3) is 9.98. The molecule has 0 bridgehead atoms. The van der Waals surface area contributed by atoms with Crippen molar-refractivity contribution in [2.75, 3.05) is 19.8 Å². The zero-order valence-corrected chi connectivity index (χ0v) is 21.5. The number of carboxylic acids is 1. The summed E-state index contributed by atoms with van der Waals surface area (Å²) in [5.74, 6) is -1.86. The summed E-state index contributed by atoms with van der Waals surface area (Å²) in [6, 6.07) is 3.62. The Morgan fingerprint density at radius 3 is 1.97 bits per heavy atom. The molecule has 1 rings (SSSR count). The molecule has 0 spiro atoms. The average Bonchev–Trinajstić information content (AvgIpc) is 2.79. The van der Waals surface area contributed by atoms with Gasteiger partial charge in [0.15, 0.2) is 11.5 Å². The predicted molar refractivity (Wildman–Crippen MR) is 126 cm³/mol. The van der Waals surface area contributed by atoms with Crippen molar-refractivity contribution in [3.05, 3.63) is 23.8 Å². The van der Waals surface area contributed by atoms with Crippen LogP contribution in [0.2, 0.25) is 0 Å². The highest BCUT2D eigenvalue weighted by Crippen LogP contribution is 2.31. The van der Waals surface area contributed by atoms with E-state index in [-0.39, 0.29) is 55.3 Å². The molecule has 0 saturated heterocycles. The molecule has 202 valence electrons. The van der Waals surface area contributed by atoms with Gasteiger partial charge in [-0.25, -0.2) is 19.2 Å². The molecule has 1 unspecified atom stereocenters. The van der Waals surface area contributed by atoms with E-state index in [2.05, 4.69) is 5.32 Å². The van der Waals surface area contributed by atoms with Gasteiger partial charge in [-0.1, -0.05) is 26.8 Å². The molecule has 0 radical (unpaired) electrons. The van der Waals surface area contributed by atoms with Crippen molar-refractivity contribution >= 4 is 24.4 Å². The van der Waals surface area contributed by atoms with Gasteiger partial charge in [-0.15, -0.1) is 0 Å². The number of rotatable bonds is 13. The van der Waals surface area contributed by atoms with Crippen LogP contribution in [0.3, 0.4) is 0 Å². The molecule has 0 aromatic heterocycles. The summed E-state index contributed by atoms with van der Waals surface area (Å²) >= 11 is 0. The second-order valence-corrected chi connectivity index (χ2v) is 8.17. The topological polar surface area (TPSA) is 156 Å². The second-order valence-electron chi connectivity index (χ2n) is 8.17. The number of hydrogen-bond acceptors (Lipinski definition) is 11. The number of hydrogen-bond donors (Lipinski definition) is 2. The van der Waals surface area contributed by atoms with Gasteiger partial charge >= 0.3 is 24.4 Å². The van der Waals surface area contributed by atoms with E-state index in [9.17, 15) is 24.3 Å². The molecule has 12 nitrogen and oxygen atoms in total. The van der Waals surface area contributed by atoms with Crippen molar-refractivity contribution in [3.8, 4) is 11.5 Å². The molecule has 36 heavy (non-hydrogen) atoms. The maximum Gasteiger partial charge on any atom is 0.513 e. The summed E-state index contributed by atoms with van der Waals surface area (Å²) < 4.78 is 30.1. The van der Waals surface area contributed by atoms with Crippen molar-refractivity contribution in [1.29, 1.82) is 0 Å². The average molecular weight is 514 g/mol. The van der Waals surface area contributed by atoms with Crippen LogP contribution in [-0.2, 0) is 30.2 Å². The fourth-order valence-corrected chi connectivity index (χ4v) is 2.79. The minimum atomic E-state index is -2.21. The van der Waals surface area contributed by atoms with E-state index in [0.29, 0.717) is 6.42 Å². The maximum absolute atomic E-state index is 12.4. The van der Waals surface area contributed by atoms with Crippen molar-refractivity contribution < 1.29 is 52.7 Å². The van der Waals surface area contributed by atoms with E-state index >= 15 is 0 Å². The normalized spacial score (nSPS) is 13.2. The fraction of sp³-hybridized carbons (Fsp3) is 0.583. The molecule has 12 heteroatoms. The van der Waals surface area contributed by atoms with E-state index in [1.807, 2.05) is 20.8 Å². The van der Waals surface area contributed by atoms with Gasteiger partial charge in [-0.2, -0.15) is 0 Å². The van der Waals surface area contributed by atoms with E-state index in [1.54, 1.807) is 20.8 Å². The molecule has 0 fully saturated rings. The first-order valence-corrected chi connectivity index (χ1v) is 11.6. The molecule has 0 aliphatic heterocycles. The fourth-order valence-electron chi connectivity index (χ4n) is 2.79. The van der Waals surface area contributed by atoms with Crippen LogP contribution in [0.5, 0.6) is 11.5 Å². The first-order chi connectivity index (χ1) is 17.0. The highest BCUT2D eigenvalue weighted by Gasteiger charge is 2.44. The van der Waals surface area contributed by atoms with Gasteiger partial charge in [0.1, 0.15) is 0 Å². The van der Waals surface area contributed by atoms with E-state index < -0.39 is 30.2 Å². The zero-order valence-electron chi connectivity index (χ0n) is 21.5. The Morgan fingerprint density at radius 2 is 1.47 bits per heavy atom. The SMILES string of the molecule is CCOC(=O)Oc1ccc(C[C@](NC(C)CC)(OC(=O)OCC(C)C)C(=O)O)cc1OC(=O)OCC. The summed E-state index contributed by atoms with van der Waals surface area (Å²) in [6.45, 7) is 10.5. The summed E-state index contributed by atoms with van der Waals surface area (Å²) in [7, 11) is 0. The van der Waals surface area contributed by atoms with Crippen LogP contribution in [0.25, 0.3) is 0 Å². The van der Waals surface area contributed by atoms with E-state index in [0.717, 1.165) is 0 Å². The summed E-state index contributed by atoms with van der Waals surface area (Å²) in [5.41, 5.74) is -1.95. The third-order valence-corrected chi connectivity index (χ3v) is 4.60. The van der Waals surface area contributed by atoms with Gasteiger partial charge in [-0.05, 0) is 50.8 Å². The van der Waals surface area contributed by atoms with Crippen LogP contribution in [-0.4, -0.2) is 61.1 Å². The Hall–Kier alpha value is -3.54. The quantitative estimate of drug-likeness (QED) is 0.167. The standard InChI is InChI=1S/C24H35NO11/c1-7-16(6)25-24(20(26)27,36-23(30)33-14-15(4)5)13-17-10-11-18(34-21(28)31-8-2)19(12-17)35-22(29)32-9-3/h10-12,15-16,25H,7-9,13-14H2,1-6H3,(H,26,27)/t16?,24-/m0/s1. The lowest BCUT2D eigenvalue weighted by atomic mass is 10.00. The van der Waals surface area contributed by atoms with Crippen molar-refractivity contribution in [1.82, 2.24) is 5.32 Å². The van der Waals surface area contributed by atoms with Crippen LogP contribution in [0.1, 0.15) is 53.5 Å². The lowest BCUT2D eigenvalue weighted by Gasteiger charge is -2.32. The Kier molecular flexibility index (Phi) is 12.5. The maximum atomic E-state index is 12.4. The number of carboxylic acid groups (broad SMARTS) is 1.